The maximum atomic E-state index is 11.6. The van der Waals surface area contributed by atoms with Crippen LogP contribution in [0.25, 0.3) is 0 Å². The van der Waals surface area contributed by atoms with E-state index in [2.05, 4.69) is 20.2 Å². The van der Waals surface area contributed by atoms with E-state index in [-0.39, 0.29) is 5.69 Å². The van der Waals surface area contributed by atoms with Crippen LogP contribution in [0.5, 0.6) is 0 Å². The summed E-state index contributed by atoms with van der Waals surface area (Å²) in [6, 6.07) is 0. The lowest BCUT2D eigenvalue weighted by Gasteiger charge is -2.26. The lowest BCUT2D eigenvalue weighted by molar-refractivity contribution is 0.0224. The van der Waals surface area contributed by atoms with Crippen LogP contribution in [0.4, 0.5) is 5.95 Å². The first-order valence-corrected chi connectivity index (χ1v) is 5.21. The fourth-order valence-corrected chi connectivity index (χ4v) is 1.53. The van der Waals surface area contributed by atoms with Crippen molar-refractivity contribution in [2.24, 2.45) is 0 Å². The lowest BCUT2D eigenvalue weighted by Crippen LogP contribution is -2.40. The fourth-order valence-electron chi connectivity index (χ4n) is 1.53. The molecule has 1 saturated heterocycles. The Labute approximate surface area is 93.1 Å². The number of morpholine rings is 1. The average Bonchev–Trinajstić information content (AvgIpc) is 2.33. The van der Waals surface area contributed by atoms with Crippen molar-refractivity contribution >= 4 is 5.95 Å². The van der Waals surface area contributed by atoms with Gasteiger partial charge in [0.25, 0.3) is 0 Å². The Kier molecular flexibility index (Phi) is 3.47. The summed E-state index contributed by atoms with van der Waals surface area (Å²) in [6.07, 6.45) is 1.51. The molecule has 1 aliphatic heterocycles. The van der Waals surface area contributed by atoms with Gasteiger partial charge in [-0.25, -0.2) is 9.78 Å². The minimum atomic E-state index is -0.286. The Morgan fingerprint density at radius 3 is 2.88 bits per heavy atom. The third kappa shape index (κ3) is 2.56. The van der Waals surface area contributed by atoms with Gasteiger partial charge in [0.15, 0.2) is 0 Å². The third-order valence-electron chi connectivity index (χ3n) is 2.45. The van der Waals surface area contributed by atoms with Crippen LogP contribution in [-0.2, 0) is 11.4 Å². The van der Waals surface area contributed by atoms with Crippen molar-refractivity contribution in [3.63, 3.8) is 0 Å². The van der Waals surface area contributed by atoms with Crippen LogP contribution in [0, 0.1) is 0 Å². The Bertz CT molecular complexity index is 399. The van der Waals surface area contributed by atoms with Gasteiger partial charge in [-0.1, -0.05) is 0 Å². The molecule has 1 aromatic rings. The number of nitrogens with zero attached hydrogens (tertiary/aromatic N) is 4. The summed E-state index contributed by atoms with van der Waals surface area (Å²) in [7, 11) is 1.68. The van der Waals surface area contributed by atoms with Crippen molar-refractivity contribution in [3.8, 4) is 0 Å². The fraction of sp³-hybridized carbons (Fsp3) is 0.667. The van der Waals surface area contributed by atoms with Crippen LogP contribution in [0.3, 0.4) is 0 Å². The van der Waals surface area contributed by atoms with Crippen LogP contribution in [0.1, 0.15) is 0 Å². The highest BCUT2D eigenvalue weighted by atomic mass is 16.5. The Balaban J connectivity index is 2.06. The summed E-state index contributed by atoms with van der Waals surface area (Å²) >= 11 is 0. The molecule has 0 atom stereocenters. The maximum Gasteiger partial charge on any atom is 0.353 e. The Morgan fingerprint density at radius 1 is 1.50 bits per heavy atom. The standard InChI is InChI=1S/C9H15N5O2/c1-10-8-11-6-14(9(15)12-8)7-13-2-4-16-5-3-13/h6H,2-5,7H2,1H3,(H,10,12,15). The van der Waals surface area contributed by atoms with E-state index in [9.17, 15) is 4.79 Å². The van der Waals surface area contributed by atoms with E-state index in [0.29, 0.717) is 25.8 Å². The number of aromatic nitrogens is 3. The summed E-state index contributed by atoms with van der Waals surface area (Å²) in [4.78, 5) is 21.5. The zero-order valence-corrected chi connectivity index (χ0v) is 9.22. The van der Waals surface area contributed by atoms with Gasteiger partial charge in [-0.3, -0.25) is 9.47 Å². The zero-order valence-electron chi connectivity index (χ0n) is 9.22. The molecule has 1 N–H and O–H groups in total. The van der Waals surface area contributed by atoms with Gasteiger partial charge >= 0.3 is 5.69 Å². The second-order valence-electron chi connectivity index (χ2n) is 3.55. The average molecular weight is 225 g/mol. The van der Waals surface area contributed by atoms with Crippen molar-refractivity contribution in [3.05, 3.63) is 16.8 Å². The SMILES string of the molecule is CNc1ncn(CN2CCOCC2)c(=O)n1. The van der Waals surface area contributed by atoms with Crippen LogP contribution in [0.2, 0.25) is 0 Å². The molecule has 88 valence electrons. The second kappa shape index (κ2) is 5.04. The van der Waals surface area contributed by atoms with Gasteiger partial charge in [-0.2, -0.15) is 4.98 Å². The van der Waals surface area contributed by atoms with Crippen molar-refractivity contribution < 1.29 is 4.74 Å². The summed E-state index contributed by atoms with van der Waals surface area (Å²) in [6.45, 7) is 3.61. The van der Waals surface area contributed by atoms with Crippen LogP contribution < -0.4 is 11.0 Å². The van der Waals surface area contributed by atoms with Gasteiger partial charge in [0.2, 0.25) is 5.95 Å². The third-order valence-corrected chi connectivity index (χ3v) is 2.45. The van der Waals surface area contributed by atoms with E-state index in [1.807, 2.05) is 0 Å². The highest BCUT2D eigenvalue weighted by Crippen LogP contribution is 1.98. The summed E-state index contributed by atoms with van der Waals surface area (Å²) in [5.74, 6) is 0.350. The lowest BCUT2D eigenvalue weighted by atomic mass is 10.4. The maximum absolute atomic E-state index is 11.6. The summed E-state index contributed by atoms with van der Waals surface area (Å²) < 4.78 is 6.73. The van der Waals surface area contributed by atoms with Crippen molar-refractivity contribution in [2.75, 3.05) is 38.7 Å². The highest BCUT2D eigenvalue weighted by Gasteiger charge is 2.11. The van der Waals surface area contributed by atoms with Crippen LogP contribution in [-0.4, -0.2) is 52.8 Å². The van der Waals surface area contributed by atoms with E-state index in [1.54, 1.807) is 7.05 Å². The van der Waals surface area contributed by atoms with Crippen molar-refractivity contribution in [1.82, 2.24) is 19.4 Å². The number of anilines is 1. The normalized spacial score (nSPS) is 17.3. The van der Waals surface area contributed by atoms with Gasteiger partial charge in [0.1, 0.15) is 6.33 Å². The minimum Gasteiger partial charge on any atom is -0.379 e. The topological polar surface area (TPSA) is 72.3 Å². The molecule has 0 saturated carbocycles. The number of rotatable bonds is 3. The molecule has 1 fully saturated rings. The highest BCUT2D eigenvalue weighted by molar-refractivity contribution is 5.18. The van der Waals surface area contributed by atoms with E-state index in [1.165, 1.54) is 10.9 Å². The molecule has 0 amide bonds. The molecule has 1 aromatic heterocycles. The molecule has 2 rings (SSSR count). The number of nitrogens with one attached hydrogen (secondary N) is 1. The molecule has 0 bridgehead atoms. The molecule has 0 aromatic carbocycles. The monoisotopic (exact) mass is 225 g/mol. The van der Waals surface area contributed by atoms with E-state index >= 15 is 0 Å². The molecule has 16 heavy (non-hydrogen) atoms. The molecule has 0 unspecified atom stereocenters. The first-order chi connectivity index (χ1) is 7.79. The molecule has 0 radical (unpaired) electrons. The first kappa shape index (κ1) is 11.0. The molecule has 0 aliphatic carbocycles. The Morgan fingerprint density at radius 2 is 2.25 bits per heavy atom. The number of hydrogen-bond acceptors (Lipinski definition) is 6. The Hall–Kier alpha value is -1.47. The minimum absolute atomic E-state index is 0.286. The van der Waals surface area contributed by atoms with Gasteiger partial charge in [-0.05, 0) is 0 Å². The van der Waals surface area contributed by atoms with E-state index in [4.69, 9.17) is 4.74 Å². The smallest absolute Gasteiger partial charge is 0.353 e. The zero-order chi connectivity index (χ0) is 11.4. The molecular weight excluding hydrogens is 210 g/mol. The molecule has 0 spiro atoms. The van der Waals surface area contributed by atoms with Gasteiger partial charge in [0, 0.05) is 20.1 Å². The first-order valence-electron chi connectivity index (χ1n) is 5.21. The molecule has 7 heteroatoms. The predicted octanol–water partition coefficient (Wildman–Crippen LogP) is -1.03. The largest absolute Gasteiger partial charge is 0.379 e. The van der Waals surface area contributed by atoms with Crippen LogP contribution >= 0.6 is 0 Å². The quantitative estimate of drug-likeness (QED) is 0.709. The van der Waals surface area contributed by atoms with Gasteiger partial charge in [0.05, 0.1) is 19.9 Å². The predicted molar refractivity (Wildman–Crippen MR) is 58.2 cm³/mol. The number of ether oxygens (including phenoxy) is 1. The van der Waals surface area contributed by atoms with E-state index in [0.717, 1.165) is 13.1 Å². The molecule has 1 aliphatic rings. The van der Waals surface area contributed by atoms with E-state index < -0.39 is 0 Å². The molecular formula is C9H15N5O2. The number of hydrogen-bond donors (Lipinski definition) is 1. The summed E-state index contributed by atoms with van der Waals surface area (Å²) in [5.41, 5.74) is -0.286. The van der Waals surface area contributed by atoms with Gasteiger partial charge in [-0.15, -0.1) is 0 Å². The van der Waals surface area contributed by atoms with Crippen molar-refractivity contribution in [1.29, 1.82) is 0 Å². The van der Waals surface area contributed by atoms with Crippen molar-refractivity contribution in [2.45, 2.75) is 6.67 Å². The second-order valence-corrected chi connectivity index (χ2v) is 3.55. The molecule has 7 nitrogen and oxygen atoms in total. The van der Waals surface area contributed by atoms with Crippen LogP contribution in [0.15, 0.2) is 11.1 Å². The summed E-state index contributed by atoms with van der Waals surface area (Å²) in [5, 5.41) is 2.73. The van der Waals surface area contributed by atoms with Gasteiger partial charge < -0.3 is 10.1 Å². The molecule has 2 heterocycles.